The minimum atomic E-state index is -0.780. The average molecular weight is 259 g/mol. The molecule has 5 heteroatoms. The second kappa shape index (κ2) is 4.36. The van der Waals surface area contributed by atoms with Crippen molar-refractivity contribution in [3.63, 3.8) is 0 Å². The molecule has 0 amide bonds. The molecule has 0 fully saturated rings. The Kier molecular flexibility index (Phi) is 3.08. The lowest BCUT2D eigenvalue weighted by atomic mass is 10.1. The second-order valence-corrected chi connectivity index (χ2v) is 3.80. The van der Waals surface area contributed by atoms with Crippen LogP contribution in [0.2, 0.25) is 10.0 Å². The van der Waals surface area contributed by atoms with Gasteiger partial charge in [-0.2, -0.15) is 0 Å². The minimum Gasteiger partial charge on any atom is -0.250 e. The van der Waals surface area contributed by atoms with Crippen LogP contribution < -0.4 is 0 Å². The largest absolute Gasteiger partial charge is 0.250 e. The fraction of sp³-hybridized carbons (Fsp3) is 0. The van der Waals surface area contributed by atoms with Crippen molar-refractivity contribution in [3.8, 4) is 11.3 Å². The molecule has 2 rings (SSSR count). The summed E-state index contributed by atoms with van der Waals surface area (Å²) in [6.07, 6.45) is 0.920. The fourth-order valence-corrected chi connectivity index (χ4v) is 1.70. The molecule has 0 aliphatic rings. The summed E-state index contributed by atoms with van der Waals surface area (Å²) in [5.41, 5.74) is 0.294. The van der Waals surface area contributed by atoms with Gasteiger partial charge in [-0.05, 0) is 12.1 Å². The Morgan fingerprint density at radius 3 is 2.56 bits per heavy atom. The molecule has 0 unspecified atom stereocenters. The third-order valence-corrected chi connectivity index (χ3v) is 2.44. The van der Waals surface area contributed by atoms with Crippen molar-refractivity contribution in [2.75, 3.05) is 0 Å². The van der Waals surface area contributed by atoms with Gasteiger partial charge in [-0.1, -0.05) is 23.2 Å². The first-order chi connectivity index (χ1) is 7.58. The molecule has 16 heavy (non-hydrogen) atoms. The highest BCUT2D eigenvalue weighted by atomic mass is 35.5. The summed E-state index contributed by atoms with van der Waals surface area (Å²) in [7, 11) is 0. The van der Waals surface area contributed by atoms with E-state index in [1.807, 2.05) is 0 Å². The van der Waals surface area contributed by atoms with Gasteiger partial charge in [0.15, 0.2) is 5.82 Å². The van der Waals surface area contributed by atoms with Crippen LogP contribution in [0.4, 0.5) is 8.78 Å². The molecule has 0 bridgehead atoms. The standard InChI is InChI=1S/C11H4Cl2F2N/c12-6-1-2-8(9(13)3-6)11-10(15)4-7(14)5-16-11/h1-2,4-5H. The maximum absolute atomic E-state index is 13.4. The SMILES string of the molecule is Fc1cnc(-c2ccc(Cl)[c]c2Cl)c(F)c1. The minimum absolute atomic E-state index is 0.0284. The molecule has 1 heterocycles. The number of hydrogen-bond donors (Lipinski definition) is 0. The van der Waals surface area contributed by atoms with Gasteiger partial charge in [0.05, 0.1) is 16.2 Å². The summed E-state index contributed by atoms with van der Waals surface area (Å²) in [6, 6.07) is 6.36. The second-order valence-electron chi connectivity index (χ2n) is 3.02. The monoisotopic (exact) mass is 258 g/mol. The first-order valence-corrected chi connectivity index (χ1v) is 5.02. The molecule has 1 aromatic carbocycles. The van der Waals surface area contributed by atoms with Crippen molar-refractivity contribution in [2.45, 2.75) is 0 Å². The molecule has 0 atom stereocenters. The average Bonchev–Trinajstić information content (AvgIpc) is 2.19. The lowest BCUT2D eigenvalue weighted by Crippen LogP contribution is -1.91. The smallest absolute Gasteiger partial charge is 0.152 e. The van der Waals surface area contributed by atoms with Gasteiger partial charge in [0.25, 0.3) is 0 Å². The third-order valence-electron chi connectivity index (χ3n) is 1.92. The van der Waals surface area contributed by atoms with E-state index in [2.05, 4.69) is 11.1 Å². The van der Waals surface area contributed by atoms with Crippen LogP contribution in [0.3, 0.4) is 0 Å². The molecule has 0 spiro atoms. The Balaban J connectivity index is 2.59. The third kappa shape index (κ3) is 2.15. The van der Waals surface area contributed by atoms with Crippen molar-refractivity contribution < 1.29 is 8.78 Å². The van der Waals surface area contributed by atoms with E-state index in [4.69, 9.17) is 23.2 Å². The van der Waals surface area contributed by atoms with Crippen LogP contribution in [-0.4, -0.2) is 4.98 Å². The molecule has 0 N–H and O–H groups in total. The van der Waals surface area contributed by atoms with Crippen LogP contribution in [-0.2, 0) is 0 Å². The zero-order valence-electron chi connectivity index (χ0n) is 7.77. The van der Waals surface area contributed by atoms with E-state index in [1.165, 1.54) is 12.1 Å². The number of aromatic nitrogens is 1. The molecule has 0 aliphatic carbocycles. The Hall–Kier alpha value is -1.19. The maximum Gasteiger partial charge on any atom is 0.152 e. The number of benzene rings is 1. The van der Waals surface area contributed by atoms with Crippen molar-refractivity contribution in [1.82, 2.24) is 4.98 Å². The van der Waals surface area contributed by atoms with Crippen LogP contribution in [0, 0.1) is 17.7 Å². The molecule has 1 radical (unpaired) electrons. The Morgan fingerprint density at radius 1 is 1.19 bits per heavy atom. The zero-order valence-corrected chi connectivity index (χ0v) is 9.28. The highest BCUT2D eigenvalue weighted by molar-refractivity contribution is 6.36. The number of halogens is 4. The van der Waals surface area contributed by atoms with Gasteiger partial charge >= 0.3 is 0 Å². The zero-order chi connectivity index (χ0) is 11.7. The van der Waals surface area contributed by atoms with Crippen molar-refractivity contribution in [1.29, 1.82) is 0 Å². The molecule has 1 aromatic heterocycles. The topological polar surface area (TPSA) is 12.9 Å². The Morgan fingerprint density at radius 2 is 1.94 bits per heavy atom. The molecule has 0 saturated heterocycles. The van der Waals surface area contributed by atoms with Crippen LogP contribution in [0.15, 0.2) is 24.4 Å². The van der Waals surface area contributed by atoms with Crippen molar-refractivity contribution >= 4 is 23.2 Å². The first-order valence-electron chi connectivity index (χ1n) is 4.26. The Bertz CT molecular complexity index is 494. The van der Waals surface area contributed by atoms with Gasteiger partial charge in [0.2, 0.25) is 0 Å². The number of hydrogen-bond acceptors (Lipinski definition) is 1. The molecule has 2 aromatic rings. The lowest BCUT2D eigenvalue weighted by molar-refractivity contribution is 0.576. The molecular weight excluding hydrogens is 255 g/mol. The van der Waals surface area contributed by atoms with Gasteiger partial charge in [0, 0.05) is 17.7 Å². The first kappa shape index (κ1) is 11.3. The van der Waals surface area contributed by atoms with Crippen LogP contribution in [0.1, 0.15) is 0 Å². The maximum atomic E-state index is 13.4. The van der Waals surface area contributed by atoms with Crippen LogP contribution in [0.25, 0.3) is 11.3 Å². The normalized spacial score (nSPS) is 10.5. The highest BCUT2D eigenvalue weighted by Crippen LogP contribution is 2.30. The Labute approximate surface area is 101 Å². The molecule has 0 aliphatic heterocycles. The predicted molar refractivity (Wildman–Crippen MR) is 58.4 cm³/mol. The summed E-state index contributed by atoms with van der Waals surface area (Å²) in [5.74, 6) is -1.52. The van der Waals surface area contributed by atoms with Gasteiger partial charge in [-0.3, -0.25) is 4.98 Å². The van der Waals surface area contributed by atoms with Gasteiger partial charge in [-0.25, -0.2) is 8.78 Å². The van der Waals surface area contributed by atoms with E-state index in [-0.39, 0.29) is 10.7 Å². The van der Waals surface area contributed by atoms with Gasteiger partial charge in [0.1, 0.15) is 11.5 Å². The van der Waals surface area contributed by atoms with Crippen LogP contribution in [0.5, 0.6) is 0 Å². The van der Waals surface area contributed by atoms with Crippen LogP contribution >= 0.6 is 23.2 Å². The molecular formula is C11H4Cl2F2N. The van der Waals surface area contributed by atoms with E-state index in [0.717, 1.165) is 12.3 Å². The number of pyridine rings is 1. The number of rotatable bonds is 1. The molecule has 1 nitrogen and oxygen atoms in total. The van der Waals surface area contributed by atoms with E-state index < -0.39 is 11.6 Å². The van der Waals surface area contributed by atoms with Gasteiger partial charge < -0.3 is 0 Å². The predicted octanol–water partition coefficient (Wildman–Crippen LogP) is 4.13. The lowest BCUT2D eigenvalue weighted by Gasteiger charge is -2.04. The summed E-state index contributed by atoms with van der Waals surface area (Å²) in [5, 5.41) is 0.460. The summed E-state index contributed by atoms with van der Waals surface area (Å²) in [6.45, 7) is 0. The van der Waals surface area contributed by atoms with Gasteiger partial charge in [-0.15, -0.1) is 0 Å². The molecule has 0 saturated carbocycles. The van der Waals surface area contributed by atoms with Crippen molar-refractivity contribution in [3.05, 3.63) is 52.1 Å². The van der Waals surface area contributed by atoms with E-state index in [9.17, 15) is 8.78 Å². The summed E-state index contributed by atoms with van der Waals surface area (Å²) < 4.78 is 26.1. The van der Waals surface area contributed by atoms with Crippen molar-refractivity contribution in [2.24, 2.45) is 0 Å². The summed E-state index contributed by atoms with van der Waals surface area (Å²) >= 11 is 11.5. The highest BCUT2D eigenvalue weighted by Gasteiger charge is 2.11. The number of nitrogens with zero attached hydrogens (tertiary/aromatic N) is 1. The molecule has 81 valence electrons. The summed E-state index contributed by atoms with van der Waals surface area (Å²) in [4.78, 5) is 3.64. The van der Waals surface area contributed by atoms with E-state index >= 15 is 0 Å². The van der Waals surface area contributed by atoms with E-state index in [0.29, 0.717) is 10.6 Å². The quantitative estimate of drug-likeness (QED) is 0.750. The fourth-order valence-electron chi connectivity index (χ4n) is 1.24. The van der Waals surface area contributed by atoms with E-state index in [1.54, 1.807) is 0 Å².